The van der Waals surface area contributed by atoms with E-state index < -0.39 is 4.92 Å². The molecule has 0 unspecified atom stereocenters. The van der Waals surface area contributed by atoms with E-state index in [9.17, 15) is 15.2 Å². The molecule has 1 rings (SSSR count). The third-order valence-corrected chi connectivity index (χ3v) is 1.66. The van der Waals surface area contributed by atoms with Gasteiger partial charge in [-0.1, -0.05) is 30.3 Å². The van der Waals surface area contributed by atoms with E-state index >= 15 is 0 Å². The lowest BCUT2D eigenvalue weighted by molar-refractivity contribution is -0.424. The second-order valence-electron chi connectivity index (χ2n) is 2.56. The summed E-state index contributed by atoms with van der Waals surface area (Å²) in [4.78, 5) is 9.69. The predicted octanol–water partition coefficient (Wildman–Crippen LogP) is 2.21. The fourth-order valence-electron chi connectivity index (χ4n) is 0.891. The van der Waals surface area contributed by atoms with E-state index in [4.69, 9.17) is 0 Å². The van der Waals surface area contributed by atoms with Crippen molar-refractivity contribution in [3.05, 3.63) is 51.7 Å². The Morgan fingerprint density at radius 2 is 1.92 bits per heavy atom. The molecule has 13 heavy (non-hydrogen) atoms. The first-order valence-corrected chi connectivity index (χ1v) is 3.72. The molecular weight excluding hydrogens is 170 g/mol. The average Bonchev–Trinajstić information content (AvgIpc) is 2.17. The highest BCUT2D eigenvalue weighted by Crippen LogP contribution is 2.14. The maximum atomic E-state index is 10.3. The van der Waals surface area contributed by atoms with E-state index in [-0.39, 0.29) is 11.5 Å². The topological polar surface area (TPSA) is 63.4 Å². The van der Waals surface area contributed by atoms with E-state index in [1.54, 1.807) is 30.3 Å². The molecule has 4 heteroatoms. The number of allylic oxidation sites excluding steroid dienone is 1. The van der Waals surface area contributed by atoms with Crippen LogP contribution in [-0.4, -0.2) is 10.0 Å². The first-order chi connectivity index (χ1) is 6.13. The molecule has 0 bridgehead atoms. The summed E-state index contributed by atoms with van der Waals surface area (Å²) in [7, 11) is 0. The Labute approximate surface area is 75.3 Å². The Balaban J connectivity index is 3.11. The molecule has 0 atom stereocenters. The Morgan fingerprint density at radius 1 is 1.38 bits per heavy atom. The van der Waals surface area contributed by atoms with E-state index in [0.29, 0.717) is 5.56 Å². The van der Waals surface area contributed by atoms with Crippen LogP contribution in [0.4, 0.5) is 0 Å². The Kier molecular flexibility index (Phi) is 2.64. The van der Waals surface area contributed by atoms with Gasteiger partial charge in [0.15, 0.2) is 5.76 Å². The van der Waals surface area contributed by atoms with Crippen molar-refractivity contribution in [1.82, 2.24) is 0 Å². The minimum absolute atomic E-state index is 0.244. The van der Waals surface area contributed by atoms with Gasteiger partial charge >= 0.3 is 0 Å². The zero-order valence-corrected chi connectivity index (χ0v) is 7.10. The fraction of sp³-hybridized carbons (Fsp3) is 0.111. The number of nitro groups is 1. The second kappa shape index (κ2) is 3.71. The quantitative estimate of drug-likeness (QED) is 0.430. The van der Waals surface area contributed by atoms with Gasteiger partial charge < -0.3 is 5.11 Å². The molecule has 0 aliphatic heterocycles. The smallest absolute Gasteiger partial charge is 0.285 e. The summed E-state index contributed by atoms with van der Waals surface area (Å²) in [6.45, 7) is 1.27. The molecule has 0 aliphatic rings. The van der Waals surface area contributed by atoms with Crippen LogP contribution in [0, 0.1) is 10.1 Å². The SMILES string of the molecule is C/C(=C(/O)c1ccccc1)[N+](=O)[O-]. The lowest BCUT2D eigenvalue weighted by Crippen LogP contribution is -1.98. The number of hydrogen-bond donors (Lipinski definition) is 1. The van der Waals surface area contributed by atoms with E-state index in [1.807, 2.05) is 0 Å². The van der Waals surface area contributed by atoms with E-state index in [0.717, 1.165) is 0 Å². The van der Waals surface area contributed by atoms with Crippen molar-refractivity contribution < 1.29 is 10.0 Å². The largest absolute Gasteiger partial charge is 0.502 e. The first kappa shape index (κ1) is 9.25. The molecule has 1 aromatic rings. The second-order valence-corrected chi connectivity index (χ2v) is 2.56. The van der Waals surface area contributed by atoms with Gasteiger partial charge in [-0.05, 0) is 0 Å². The number of benzene rings is 1. The van der Waals surface area contributed by atoms with Gasteiger partial charge in [-0.15, -0.1) is 0 Å². The van der Waals surface area contributed by atoms with Crippen LogP contribution in [0.5, 0.6) is 0 Å². The van der Waals surface area contributed by atoms with Gasteiger partial charge in [0.25, 0.3) is 5.70 Å². The van der Waals surface area contributed by atoms with Crippen LogP contribution in [0.25, 0.3) is 5.76 Å². The zero-order chi connectivity index (χ0) is 9.84. The molecule has 0 fully saturated rings. The van der Waals surface area contributed by atoms with Gasteiger partial charge in [-0.25, -0.2) is 0 Å². The third-order valence-electron chi connectivity index (χ3n) is 1.66. The minimum atomic E-state index is -0.609. The maximum Gasteiger partial charge on any atom is 0.285 e. The lowest BCUT2D eigenvalue weighted by atomic mass is 10.1. The molecule has 0 heterocycles. The molecule has 68 valence electrons. The summed E-state index contributed by atoms with van der Waals surface area (Å²) in [6.07, 6.45) is 0. The highest BCUT2D eigenvalue weighted by atomic mass is 16.6. The number of rotatable bonds is 2. The summed E-state index contributed by atoms with van der Waals surface area (Å²) >= 11 is 0. The first-order valence-electron chi connectivity index (χ1n) is 3.72. The van der Waals surface area contributed by atoms with Crippen LogP contribution < -0.4 is 0 Å². The lowest BCUT2D eigenvalue weighted by Gasteiger charge is -1.98. The summed E-state index contributed by atoms with van der Waals surface area (Å²) in [6, 6.07) is 8.42. The van der Waals surface area contributed by atoms with Crippen molar-refractivity contribution in [3.63, 3.8) is 0 Å². The van der Waals surface area contributed by atoms with Crippen molar-refractivity contribution in [2.24, 2.45) is 0 Å². The summed E-state index contributed by atoms with van der Waals surface area (Å²) in [5.74, 6) is -0.286. The molecule has 0 spiro atoms. The van der Waals surface area contributed by atoms with Crippen LogP contribution in [-0.2, 0) is 0 Å². The summed E-state index contributed by atoms with van der Waals surface area (Å²) < 4.78 is 0. The van der Waals surface area contributed by atoms with Crippen molar-refractivity contribution in [2.75, 3.05) is 0 Å². The molecule has 1 aromatic carbocycles. The monoisotopic (exact) mass is 179 g/mol. The minimum Gasteiger partial charge on any atom is -0.502 e. The van der Waals surface area contributed by atoms with Crippen LogP contribution in [0.3, 0.4) is 0 Å². The molecule has 4 nitrogen and oxygen atoms in total. The molecule has 0 aromatic heterocycles. The number of hydrogen-bond acceptors (Lipinski definition) is 3. The average molecular weight is 179 g/mol. The highest BCUT2D eigenvalue weighted by molar-refractivity contribution is 5.59. The molecule has 0 saturated heterocycles. The fourth-order valence-corrected chi connectivity index (χ4v) is 0.891. The number of aliphatic hydroxyl groups excluding tert-OH is 1. The van der Waals surface area contributed by atoms with Crippen LogP contribution >= 0.6 is 0 Å². The third kappa shape index (κ3) is 2.05. The Hall–Kier alpha value is -1.84. The van der Waals surface area contributed by atoms with E-state index in [2.05, 4.69) is 0 Å². The van der Waals surface area contributed by atoms with Gasteiger partial charge in [0.2, 0.25) is 0 Å². The van der Waals surface area contributed by atoms with Crippen molar-refractivity contribution in [2.45, 2.75) is 6.92 Å². The van der Waals surface area contributed by atoms with Crippen molar-refractivity contribution >= 4 is 5.76 Å². The molecule has 1 N–H and O–H groups in total. The summed E-state index contributed by atoms with van der Waals surface area (Å²) in [5, 5.41) is 19.7. The normalized spacial score (nSPS) is 12.1. The van der Waals surface area contributed by atoms with Crippen molar-refractivity contribution in [1.29, 1.82) is 0 Å². The van der Waals surface area contributed by atoms with Gasteiger partial charge in [0.1, 0.15) is 0 Å². The zero-order valence-electron chi connectivity index (χ0n) is 7.10. The standard InChI is InChI=1S/C9H9NO3/c1-7(10(12)13)9(11)8-5-3-2-4-6-8/h2-6,11H,1H3/b9-7-. The van der Waals surface area contributed by atoms with E-state index in [1.165, 1.54) is 6.92 Å². The van der Waals surface area contributed by atoms with Crippen LogP contribution in [0.15, 0.2) is 36.0 Å². The Morgan fingerprint density at radius 3 is 2.38 bits per heavy atom. The van der Waals surface area contributed by atoms with Gasteiger partial charge in [-0.3, -0.25) is 10.1 Å². The van der Waals surface area contributed by atoms with Crippen molar-refractivity contribution in [3.8, 4) is 0 Å². The van der Waals surface area contributed by atoms with Gasteiger partial charge in [0.05, 0.1) is 4.92 Å². The van der Waals surface area contributed by atoms with Crippen LogP contribution in [0.2, 0.25) is 0 Å². The van der Waals surface area contributed by atoms with Crippen LogP contribution in [0.1, 0.15) is 12.5 Å². The number of aliphatic hydroxyl groups is 1. The molecule has 0 saturated carbocycles. The summed E-state index contributed by atoms with van der Waals surface area (Å²) in [5.41, 5.74) is 0.211. The molecular formula is C9H9NO3. The predicted molar refractivity (Wildman–Crippen MR) is 48.7 cm³/mol. The highest BCUT2D eigenvalue weighted by Gasteiger charge is 2.12. The Bertz CT molecular complexity index is 343. The number of nitrogens with zero attached hydrogens (tertiary/aromatic N) is 1. The van der Waals surface area contributed by atoms with Gasteiger partial charge in [0, 0.05) is 12.5 Å². The maximum absolute atomic E-state index is 10.3. The molecule has 0 aliphatic carbocycles. The van der Waals surface area contributed by atoms with Gasteiger partial charge in [-0.2, -0.15) is 0 Å². The molecule has 0 amide bonds. The molecule has 0 radical (unpaired) electrons.